The maximum Gasteiger partial charge on any atom is 0.133 e. The summed E-state index contributed by atoms with van der Waals surface area (Å²) >= 11 is 3.52. The molecule has 0 aliphatic carbocycles. The van der Waals surface area contributed by atoms with Crippen molar-refractivity contribution in [2.75, 3.05) is 33.3 Å². The van der Waals surface area contributed by atoms with Crippen LogP contribution >= 0.6 is 15.9 Å². The molecule has 0 bridgehead atoms. The van der Waals surface area contributed by atoms with Gasteiger partial charge in [0.05, 0.1) is 17.8 Å². The van der Waals surface area contributed by atoms with E-state index < -0.39 is 0 Å². The van der Waals surface area contributed by atoms with E-state index in [1.165, 1.54) is 16.3 Å². The number of benzene rings is 3. The summed E-state index contributed by atoms with van der Waals surface area (Å²) in [7, 11) is 1.67. The number of halogens is 1. The van der Waals surface area contributed by atoms with Gasteiger partial charge in [0.15, 0.2) is 0 Å². The summed E-state index contributed by atoms with van der Waals surface area (Å²) in [4.78, 5) is 2.51. The summed E-state index contributed by atoms with van der Waals surface area (Å²) < 4.78 is 6.22. The third kappa shape index (κ3) is 4.37. The van der Waals surface area contributed by atoms with E-state index in [9.17, 15) is 0 Å². The van der Waals surface area contributed by atoms with Crippen molar-refractivity contribution in [1.29, 1.82) is 0 Å². The van der Waals surface area contributed by atoms with Gasteiger partial charge in [0, 0.05) is 32.7 Å². The molecule has 5 heteroatoms. The van der Waals surface area contributed by atoms with E-state index in [2.05, 4.69) is 73.4 Å². The molecular formula is C23H24BrN3O. The van der Waals surface area contributed by atoms with Gasteiger partial charge in [0.25, 0.3) is 0 Å². The molecule has 4 nitrogen and oxygen atoms in total. The lowest BCUT2D eigenvalue weighted by Crippen LogP contribution is -2.43. The standard InChI is InChI=1S/C23H24BrN3O/c1-28-23-10-9-18(15-22(23)24)16-25-27-13-11-26(12-14-27)17-20-7-4-6-19-5-2-3-8-21(19)20/h2-10,15-16H,11-14,17H2,1H3/b25-16-. The van der Waals surface area contributed by atoms with Crippen LogP contribution in [-0.2, 0) is 6.54 Å². The zero-order valence-electron chi connectivity index (χ0n) is 16.0. The molecule has 0 atom stereocenters. The second kappa shape index (κ2) is 8.76. The average molecular weight is 438 g/mol. The normalized spacial score (nSPS) is 15.4. The molecule has 0 unspecified atom stereocenters. The van der Waals surface area contributed by atoms with Gasteiger partial charge in [0.1, 0.15) is 5.75 Å². The van der Waals surface area contributed by atoms with Gasteiger partial charge in [-0.2, -0.15) is 5.10 Å². The average Bonchev–Trinajstić information content (AvgIpc) is 2.74. The zero-order valence-corrected chi connectivity index (χ0v) is 17.6. The third-order valence-electron chi connectivity index (χ3n) is 5.17. The van der Waals surface area contributed by atoms with Crippen LogP contribution < -0.4 is 4.74 Å². The van der Waals surface area contributed by atoms with Gasteiger partial charge in [-0.05, 0) is 56.0 Å². The molecule has 0 radical (unpaired) electrons. The fourth-order valence-electron chi connectivity index (χ4n) is 3.59. The summed E-state index contributed by atoms with van der Waals surface area (Å²) in [6.45, 7) is 4.92. The molecule has 4 rings (SSSR count). The van der Waals surface area contributed by atoms with E-state index in [1.807, 2.05) is 24.4 Å². The first-order chi connectivity index (χ1) is 13.7. The number of fused-ring (bicyclic) bond motifs is 1. The largest absolute Gasteiger partial charge is 0.496 e. The van der Waals surface area contributed by atoms with Crippen molar-refractivity contribution in [1.82, 2.24) is 9.91 Å². The van der Waals surface area contributed by atoms with Crippen LogP contribution in [0.1, 0.15) is 11.1 Å². The fourth-order valence-corrected chi connectivity index (χ4v) is 4.15. The number of rotatable bonds is 5. The van der Waals surface area contributed by atoms with Gasteiger partial charge >= 0.3 is 0 Å². The number of ether oxygens (including phenoxy) is 1. The van der Waals surface area contributed by atoms with Crippen LogP contribution in [0.15, 0.2) is 70.2 Å². The maximum atomic E-state index is 5.27. The lowest BCUT2D eigenvalue weighted by Gasteiger charge is -2.33. The summed E-state index contributed by atoms with van der Waals surface area (Å²) in [5, 5.41) is 9.48. The molecule has 0 amide bonds. The number of nitrogens with zero attached hydrogens (tertiary/aromatic N) is 3. The first-order valence-electron chi connectivity index (χ1n) is 9.54. The Labute approximate surface area is 174 Å². The van der Waals surface area contributed by atoms with Crippen LogP contribution in [0.5, 0.6) is 5.75 Å². The summed E-state index contributed by atoms with van der Waals surface area (Å²) in [6, 6.07) is 21.2. The second-order valence-electron chi connectivity index (χ2n) is 7.01. The van der Waals surface area contributed by atoms with Gasteiger partial charge in [-0.15, -0.1) is 0 Å². The van der Waals surface area contributed by atoms with Crippen LogP contribution in [0.3, 0.4) is 0 Å². The Morgan fingerprint density at radius 2 is 1.79 bits per heavy atom. The van der Waals surface area contributed by atoms with E-state index in [4.69, 9.17) is 4.74 Å². The summed E-state index contributed by atoms with van der Waals surface area (Å²) in [5.74, 6) is 0.833. The van der Waals surface area contributed by atoms with E-state index in [0.29, 0.717) is 0 Å². The molecule has 1 fully saturated rings. The van der Waals surface area contributed by atoms with Gasteiger partial charge < -0.3 is 4.74 Å². The van der Waals surface area contributed by atoms with Crippen LogP contribution in [0.2, 0.25) is 0 Å². The van der Waals surface area contributed by atoms with Crippen LogP contribution in [0.25, 0.3) is 10.8 Å². The smallest absolute Gasteiger partial charge is 0.133 e. The molecule has 1 aliphatic heterocycles. The Balaban J connectivity index is 1.35. The topological polar surface area (TPSA) is 28.1 Å². The Bertz CT molecular complexity index is 975. The van der Waals surface area contributed by atoms with Crippen LogP contribution in [0.4, 0.5) is 0 Å². The minimum Gasteiger partial charge on any atom is -0.496 e. The Morgan fingerprint density at radius 1 is 1.00 bits per heavy atom. The van der Waals surface area contributed by atoms with E-state index in [0.717, 1.165) is 48.5 Å². The second-order valence-corrected chi connectivity index (χ2v) is 7.86. The Morgan fingerprint density at radius 3 is 2.57 bits per heavy atom. The third-order valence-corrected chi connectivity index (χ3v) is 5.79. The predicted octanol–water partition coefficient (Wildman–Crippen LogP) is 4.76. The molecule has 28 heavy (non-hydrogen) atoms. The van der Waals surface area contributed by atoms with Crippen molar-refractivity contribution < 1.29 is 4.74 Å². The number of hydrogen-bond donors (Lipinski definition) is 0. The lowest BCUT2D eigenvalue weighted by atomic mass is 10.0. The Hall–Kier alpha value is -2.37. The summed E-state index contributed by atoms with van der Waals surface area (Å²) in [5.41, 5.74) is 2.46. The molecule has 1 heterocycles. The molecule has 3 aromatic carbocycles. The van der Waals surface area contributed by atoms with E-state index in [-0.39, 0.29) is 0 Å². The van der Waals surface area contributed by atoms with Gasteiger partial charge in [-0.3, -0.25) is 9.91 Å². The van der Waals surface area contributed by atoms with E-state index in [1.54, 1.807) is 7.11 Å². The Kier molecular flexibility index (Phi) is 5.93. The zero-order chi connectivity index (χ0) is 19.3. The predicted molar refractivity (Wildman–Crippen MR) is 119 cm³/mol. The molecule has 3 aromatic rings. The highest BCUT2D eigenvalue weighted by atomic mass is 79.9. The van der Waals surface area contributed by atoms with Crippen molar-refractivity contribution in [3.8, 4) is 5.75 Å². The number of hydrogen-bond acceptors (Lipinski definition) is 4. The number of methoxy groups -OCH3 is 1. The highest BCUT2D eigenvalue weighted by molar-refractivity contribution is 9.10. The maximum absolute atomic E-state index is 5.27. The minimum atomic E-state index is 0.833. The summed E-state index contributed by atoms with van der Waals surface area (Å²) in [6.07, 6.45) is 1.92. The lowest BCUT2D eigenvalue weighted by molar-refractivity contribution is 0.131. The molecule has 0 spiro atoms. The molecule has 0 saturated carbocycles. The molecule has 1 aliphatic rings. The monoisotopic (exact) mass is 437 g/mol. The molecule has 1 saturated heterocycles. The quantitative estimate of drug-likeness (QED) is 0.538. The van der Waals surface area contributed by atoms with Crippen LogP contribution in [-0.4, -0.2) is 49.4 Å². The first kappa shape index (κ1) is 19.0. The van der Waals surface area contributed by atoms with Crippen molar-refractivity contribution in [3.63, 3.8) is 0 Å². The molecule has 0 aromatic heterocycles. The highest BCUT2D eigenvalue weighted by Gasteiger charge is 2.16. The molecule has 0 N–H and O–H groups in total. The highest BCUT2D eigenvalue weighted by Crippen LogP contribution is 2.25. The van der Waals surface area contributed by atoms with Crippen molar-refractivity contribution in [2.24, 2.45) is 5.10 Å². The first-order valence-corrected chi connectivity index (χ1v) is 10.3. The number of piperazine rings is 1. The van der Waals surface area contributed by atoms with Gasteiger partial charge in [-0.1, -0.05) is 42.5 Å². The van der Waals surface area contributed by atoms with Gasteiger partial charge in [0.2, 0.25) is 0 Å². The molecular weight excluding hydrogens is 414 g/mol. The van der Waals surface area contributed by atoms with Crippen LogP contribution in [0, 0.1) is 0 Å². The van der Waals surface area contributed by atoms with Crippen molar-refractivity contribution in [3.05, 3.63) is 76.3 Å². The van der Waals surface area contributed by atoms with E-state index >= 15 is 0 Å². The van der Waals surface area contributed by atoms with Crippen molar-refractivity contribution in [2.45, 2.75) is 6.54 Å². The molecule has 144 valence electrons. The minimum absolute atomic E-state index is 0.833. The van der Waals surface area contributed by atoms with Gasteiger partial charge in [-0.25, -0.2) is 0 Å². The SMILES string of the molecule is COc1ccc(/C=N\N2CCN(Cc3cccc4ccccc34)CC2)cc1Br. The number of hydrazone groups is 1. The van der Waals surface area contributed by atoms with Crippen molar-refractivity contribution >= 4 is 32.9 Å². The fraction of sp³-hybridized carbons (Fsp3) is 0.261.